The number of carbonyl (C=O) groups is 3. The molecule has 1 N–H and O–H groups in total. The number of benzene rings is 1. The minimum Gasteiger partial charge on any atom is -0.491 e. The summed E-state index contributed by atoms with van der Waals surface area (Å²) in [6.07, 6.45) is 2.71. The number of methoxy groups -OCH3 is 1. The van der Waals surface area contributed by atoms with Crippen LogP contribution in [0.4, 0.5) is 10.6 Å². The van der Waals surface area contributed by atoms with Gasteiger partial charge in [0.25, 0.3) is 5.91 Å². The van der Waals surface area contributed by atoms with Gasteiger partial charge in [-0.25, -0.2) is 14.6 Å². The number of pyridine rings is 1. The van der Waals surface area contributed by atoms with Crippen LogP contribution in [0, 0.1) is 0 Å². The van der Waals surface area contributed by atoms with E-state index in [4.69, 9.17) is 18.9 Å². The smallest absolute Gasteiger partial charge is 0.410 e. The van der Waals surface area contributed by atoms with Crippen LogP contribution in [0.5, 0.6) is 11.5 Å². The zero-order chi connectivity index (χ0) is 26.2. The maximum Gasteiger partial charge on any atom is 0.410 e. The fourth-order valence-electron chi connectivity index (χ4n) is 4.90. The molecular weight excluding hydrogens is 496 g/mol. The highest BCUT2D eigenvalue weighted by molar-refractivity contribution is 5.96. The molecule has 0 saturated carbocycles. The topological polar surface area (TPSA) is 146 Å². The van der Waals surface area contributed by atoms with Gasteiger partial charge < -0.3 is 24.3 Å². The van der Waals surface area contributed by atoms with Crippen molar-refractivity contribution in [2.45, 2.75) is 25.1 Å². The summed E-state index contributed by atoms with van der Waals surface area (Å²) in [5.74, 6) is 0.662. The summed E-state index contributed by atoms with van der Waals surface area (Å²) >= 11 is 0. The maximum atomic E-state index is 12.7. The van der Waals surface area contributed by atoms with Crippen LogP contribution in [-0.2, 0) is 20.8 Å². The first-order valence-corrected chi connectivity index (χ1v) is 12.1. The highest BCUT2D eigenvalue weighted by Gasteiger charge is 2.49. The molecule has 5 heterocycles. The van der Waals surface area contributed by atoms with Gasteiger partial charge in [0, 0.05) is 37.3 Å². The Labute approximate surface area is 216 Å². The predicted molar refractivity (Wildman–Crippen MR) is 131 cm³/mol. The normalized spacial score (nSPS) is 19.8. The fraction of sp³-hybridized carbons (Fsp3) is 0.360. The molecule has 0 aliphatic carbocycles. The monoisotopic (exact) mass is 520 g/mol. The number of rotatable bonds is 6. The molecule has 2 fully saturated rings. The molecule has 1 aromatic carbocycles. The largest absolute Gasteiger partial charge is 0.491 e. The molecule has 6 rings (SSSR count). The third kappa shape index (κ3) is 4.15. The molecule has 2 amide bonds. The molecule has 0 radical (unpaired) electrons. The van der Waals surface area contributed by atoms with E-state index in [2.05, 4.69) is 20.3 Å². The molecular formula is C25H24N6O7. The third-order valence-electron chi connectivity index (χ3n) is 6.63. The molecule has 2 aromatic heterocycles. The Hall–Kier alpha value is -4.68. The molecule has 3 aliphatic rings. The van der Waals surface area contributed by atoms with Gasteiger partial charge in [0.15, 0.2) is 11.5 Å². The van der Waals surface area contributed by atoms with Crippen LogP contribution in [0.15, 0.2) is 41.7 Å². The van der Waals surface area contributed by atoms with Gasteiger partial charge in [0.05, 0.1) is 19.2 Å². The second-order valence-corrected chi connectivity index (χ2v) is 8.92. The average Bonchev–Trinajstić information content (AvgIpc) is 3.67. The molecule has 3 aliphatic heterocycles. The number of morpholine rings is 1. The van der Waals surface area contributed by atoms with Crippen LogP contribution in [0.2, 0.25) is 0 Å². The molecule has 3 aromatic rings. The number of hydrogen-bond acceptors (Lipinski definition) is 10. The summed E-state index contributed by atoms with van der Waals surface area (Å²) in [6, 6.07) is 6.33. The van der Waals surface area contributed by atoms with Gasteiger partial charge in [-0.3, -0.25) is 19.2 Å². The van der Waals surface area contributed by atoms with Gasteiger partial charge in [-0.05, 0) is 24.3 Å². The Morgan fingerprint density at radius 3 is 2.92 bits per heavy atom. The lowest BCUT2D eigenvalue weighted by atomic mass is 10.2. The van der Waals surface area contributed by atoms with Crippen molar-refractivity contribution < 1.29 is 33.3 Å². The van der Waals surface area contributed by atoms with Crippen LogP contribution in [0.1, 0.15) is 16.8 Å². The number of nitrogens with zero attached hydrogens (tertiary/aromatic N) is 5. The van der Waals surface area contributed by atoms with E-state index < -0.39 is 24.0 Å². The molecule has 13 nitrogen and oxygen atoms in total. The van der Waals surface area contributed by atoms with Crippen LogP contribution < -0.4 is 20.4 Å². The number of ether oxygens (including phenoxy) is 4. The first-order valence-electron chi connectivity index (χ1n) is 12.1. The number of hydrogen-bond donors (Lipinski definition) is 1. The van der Waals surface area contributed by atoms with Gasteiger partial charge in [0.1, 0.15) is 36.7 Å². The van der Waals surface area contributed by atoms with Gasteiger partial charge in [-0.15, -0.1) is 0 Å². The molecule has 2 saturated heterocycles. The number of amides is 2. The van der Waals surface area contributed by atoms with Crippen molar-refractivity contribution in [2.24, 2.45) is 4.99 Å². The van der Waals surface area contributed by atoms with Crippen molar-refractivity contribution in [3.05, 3.63) is 47.8 Å². The van der Waals surface area contributed by atoms with E-state index in [9.17, 15) is 14.4 Å². The van der Waals surface area contributed by atoms with Crippen molar-refractivity contribution in [2.75, 3.05) is 38.7 Å². The van der Waals surface area contributed by atoms with Crippen LogP contribution in [0.25, 0.3) is 10.9 Å². The highest BCUT2D eigenvalue weighted by atomic mass is 16.6. The second kappa shape index (κ2) is 9.65. The average molecular weight is 521 g/mol. The zero-order valence-electron chi connectivity index (χ0n) is 20.5. The number of fused-ring (bicyclic) bond motifs is 5. The fourth-order valence-corrected chi connectivity index (χ4v) is 4.90. The number of nitrogens with one attached hydrogen (secondary N) is 1. The zero-order valence-corrected chi connectivity index (χ0v) is 20.5. The minimum absolute atomic E-state index is 0.0296. The maximum absolute atomic E-state index is 12.7. The van der Waals surface area contributed by atoms with E-state index in [1.807, 2.05) is 10.6 Å². The summed E-state index contributed by atoms with van der Waals surface area (Å²) in [5.41, 5.74) is 1.05. The van der Waals surface area contributed by atoms with Gasteiger partial charge in [0.2, 0.25) is 5.62 Å². The first-order chi connectivity index (χ1) is 18.5. The van der Waals surface area contributed by atoms with Crippen molar-refractivity contribution in [1.82, 2.24) is 19.4 Å². The van der Waals surface area contributed by atoms with Gasteiger partial charge in [-0.1, -0.05) is 0 Å². The molecule has 2 bridgehead atoms. The van der Waals surface area contributed by atoms with Crippen molar-refractivity contribution in [3.63, 3.8) is 0 Å². The summed E-state index contributed by atoms with van der Waals surface area (Å²) < 4.78 is 23.7. The summed E-state index contributed by atoms with van der Waals surface area (Å²) in [6.45, 7) is 1.62. The predicted octanol–water partition coefficient (Wildman–Crippen LogP) is 1.12. The molecule has 2 atom stereocenters. The Morgan fingerprint density at radius 1 is 1.26 bits per heavy atom. The quantitative estimate of drug-likeness (QED) is 0.370. The number of carbonyl (C=O) groups excluding carboxylic acids is 3. The SMILES string of the molecule is COc1c(OCCOC(=O)N2CC3CC2C(=O)O3)ccc2c3n(c(=NC(=O)c4cccnc4)nc12)CCN3. The van der Waals surface area contributed by atoms with E-state index in [0.29, 0.717) is 48.6 Å². The second-order valence-electron chi connectivity index (χ2n) is 8.92. The lowest BCUT2D eigenvalue weighted by Crippen LogP contribution is -2.44. The van der Waals surface area contributed by atoms with Crippen molar-refractivity contribution in [3.8, 4) is 11.5 Å². The lowest BCUT2D eigenvalue weighted by molar-refractivity contribution is -0.150. The number of anilines is 1. The summed E-state index contributed by atoms with van der Waals surface area (Å²) in [7, 11) is 1.50. The van der Waals surface area contributed by atoms with E-state index in [0.717, 1.165) is 11.2 Å². The first kappa shape index (κ1) is 23.7. The third-order valence-corrected chi connectivity index (χ3v) is 6.63. The highest BCUT2D eigenvalue weighted by Crippen LogP contribution is 2.37. The Bertz CT molecular complexity index is 1510. The molecule has 196 valence electrons. The molecule has 13 heteroatoms. The van der Waals surface area contributed by atoms with Crippen LogP contribution in [0.3, 0.4) is 0 Å². The molecule has 38 heavy (non-hydrogen) atoms. The standard InChI is InChI=1S/C25H24N6O7/c1-35-20-18(36-9-10-37-25(34)31-13-15-11-17(31)23(33)38-15)5-4-16-19(20)28-24(30-8-7-27-21(16)30)29-22(32)14-3-2-6-26-12-14/h2-6,12,15,17,27H,7-11,13H2,1H3. The van der Waals surface area contributed by atoms with E-state index >= 15 is 0 Å². The van der Waals surface area contributed by atoms with Gasteiger partial charge >= 0.3 is 12.1 Å². The van der Waals surface area contributed by atoms with Crippen molar-refractivity contribution >= 4 is 34.7 Å². The summed E-state index contributed by atoms with van der Waals surface area (Å²) in [4.78, 5) is 51.1. The van der Waals surface area contributed by atoms with Crippen LogP contribution in [-0.4, -0.2) is 83.0 Å². The van der Waals surface area contributed by atoms with Crippen molar-refractivity contribution in [1.29, 1.82) is 0 Å². The number of likely N-dealkylation sites (tertiary alicyclic amines) is 1. The molecule has 0 spiro atoms. The van der Waals surface area contributed by atoms with E-state index in [-0.39, 0.29) is 24.9 Å². The van der Waals surface area contributed by atoms with Gasteiger partial charge in [-0.2, -0.15) is 4.99 Å². The Kier molecular flexibility index (Phi) is 6.02. The summed E-state index contributed by atoms with van der Waals surface area (Å²) in [5, 5.41) is 4.10. The Morgan fingerprint density at radius 2 is 2.16 bits per heavy atom. The minimum atomic E-state index is -0.576. The number of esters is 1. The Balaban J connectivity index is 1.22. The van der Waals surface area contributed by atoms with E-state index in [1.54, 1.807) is 24.4 Å². The molecule has 2 unspecified atom stereocenters. The lowest BCUT2D eigenvalue weighted by Gasteiger charge is -2.24. The number of aromatic nitrogens is 3. The van der Waals surface area contributed by atoms with E-state index in [1.165, 1.54) is 18.2 Å². The van der Waals surface area contributed by atoms with Crippen LogP contribution >= 0.6 is 0 Å².